The highest BCUT2D eigenvalue weighted by Crippen LogP contribution is 2.53. The molecule has 0 aromatic carbocycles. The monoisotopic (exact) mass is 564 g/mol. The van der Waals surface area contributed by atoms with Gasteiger partial charge in [-0.05, 0) is 39.3 Å². The van der Waals surface area contributed by atoms with Crippen LogP contribution in [0.4, 0.5) is 0 Å². The van der Waals surface area contributed by atoms with E-state index < -0.39 is 28.2 Å². The second kappa shape index (κ2) is 7.11. The number of Topliss-reactive ketones (excluding diaryl/α,β-unsaturated/α-hetero) is 1. The molecular weight excluding hydrogens is 540 g/mol. The van der Waals surface area contributed by atoms with Gasteiger partial charge in [0.25, 0.3) is 0 Å². The molecule has 0 aliphatic carbocycles. The van der Waals surface area contributed by atoms with Crippen molar-refractivity contribution >= 4 is 70.2 Å². The molecule has 0 aromatic heterocycles. The summed E-state index contributed by atoms with van der Waals surface area (Å²) in [6, 6.07) is 0. The molecule has 2 bridgehead atoms. The van der Waals surface area contributed by atoms with Crippen LogP contribution < -0.4 is 0 Å². The predicted molar refractivity (Wildman–Crippen MR) is 112 cm³/mol. The second-order valence-electron chi connectivity index (χ2n) is 8.64. The Balaban J connectivity index is 2.48. The zero-order chi connectivity index (χ0) is 18.6. The first-order chi connectivity index (χ1) is 10.7. The van der Waals surface area contributed by atoms with Gasteiger partial charge in [-0.1, -0.05) is 47.8 Å². The number of halogens is 3. The lowest BCUT2D eigenvalue weighted by Gasteiger charge is -2.45. The quantitative estimate of drug-likeness (QED) is 0.348. The number of fused-ring (bicyclic) bond motifs is 2. The van der Waals surface area contributed by atoms with Gasteiger partial charge in [0.05, 0.1) is 14.5 Å². The predicted octanol–water partition coefficient (Wildman–Crippen LogP) is 5.16. The molecule has 0 aromatic rings. The van der Waals surface area contributed by atoms with Crippen molar-refractivity contribution in [3.8, 4) is 0 Å². The Morgan fingerprint density at radius 1 is 0.917 bits per heavy atom. The maximum absolute atomic E-state index is 12.6. The molecule has 2 heterocycles. The van der Waals surface area contributed by atoms with Crippen molar-refractivity contribution in [1.29, 1.82) is 0 Å². The van der Waals surface area contributed by atoms with E-state index in [1.54, 1.807) is 0 Å². The van der Waals surface area contributed by atoms with Crippen LogP contribution >= 0.6 is 47.8 Å². The van der Waals surface area contributed by atoms with Crippen LogP contribution in [0.5, 0.6) is 0 Å². The summed E-state index contributed by atoms with van der Waals surface area (Å²) in [5, 5.41) is 0. The summed E-state index contributed by atoms with van der Waals surface area (Å²) in [5.74, 6) is -1.52. The van der Waals surface area contributed by atoms with Gasteiger partial charge in [-0.3, -0.25) is 4.79 Å². The van der Waals surface area contributed by atoms with Gasteiger partial charge in [0.1, 0.15) is 5.78 Å². The maximum atomic E-state index is 12.6. The molecule has 0 N–H and O–H groups in total. The van der Waals surface area contributed by atoms with Crippen LogP contribution in [0.25, 0.3) is 0 Å². The number of alkyl halides is 3. The normalized spacial score (nSPS) is 41.2. The van der Waals surface area contributed by atoms with E-state index >= 15 is 0 Å². The largest absolute Gasteiger partial charge is 0.390 e. The van der Waals surface area contributed by atoms with Crippen LogP contribution in [0.3, 0.4) is 0 Å². The molecule has 4 nitrogen and oxygen atoms in total. The molecule has 2 rings (SSSR count). The number of rotatable bonds is 4. The summed E-state index contributed by atoms with van der Waals surface area (Å²) < 4.78 is 19.6. The number of hydrogen-bond donors (Lipinski definition) is 0. The maximum Gasteiger partial charge on any atom is 0.187 e. The van der Waals surface area contributed by atoms with Crippen molar-refractivity contribution in [2.24, 2.45) is 0 Å². The second-order valence-corrected chi connectivity index (χ2v) is 20.8. The van der Waals surface area contributed by atoms with E-state index in [9.17, 15) is 4.79 Å². The molecule has 24 heavy (non-hydrogen) atoms. The summed E-state index contributed by atoms with van der Waals surface area (Å²) in [6.45, 7) is 12.8. The summed E-state index contributed by atoms with van der Waals surface area (Å²) in [6.07, 6.45) is 1.52. The van der Waals surface area contributed by atoms with E-state index in [0.29, 0.717) is 19.3 Å². The molecule has 2 fully saturated rings. The lowest BCUT2D eigenvalue weighted by atomic mass is 10.0. The van der Waals surface area contributed by atoms with Crippen molar-refractivity contribution < 1.29 is 18.4 Å². The van der Waals surface area contributed by atoms with E-state index in [-0.39, 0.29) is 20.3 Å². The van der Waals surface area contributed by atoms with Gasteiger partial charge in [-0.25, -0.2) is 0 Å². The molecule has 0 amide bonds. The summed E-state index contributed by atoms with van der Waals surface area (Å²) in [7, 11) is -3.80. The van der Waals surface area contributed by atoms with Gasteiger partial charge in [-0.15, -0.1) is 0 Å². The van der Waals surface area contributed by atoms with Gasteiger partial charge >= 0.3 is 0 Å². The van der Waals surface area contributed by atoms with Crippen molar-refractivity contribution in [2.75, 3.05) is 0 Å². The fourth-order valence-electron chi connectivity index (χ4n) is 3.28. The number of hydrogen-bond acceptors (Lipinski definition) is 4. The number of ketones is 1. The Bertz CT molecular complexity index is 508. The van der Waals surface area contributed by atoms with E-state index in [1.807, 2.05) is 0 Å². The first-order valence-electron chi connectivity index (χ1n) is 8.23. The van der Waals surface area contributed by atoms with Gasteiger partial charge < -0.3 is 13.6 Å². The smallest absolute Gasteiger partial charge is 0.187 e. The molecule has 0 spiro atoms. The fourth-order valence-corrected chi connectivity index (χ4v) is 8.39. The zero-order valence-electron chi connectivity index (χ0n) is 15.1. The minimum absolute atomic E-state index is 0.0286. The topological polar surface area (TPSA) is 44.8 Å². The highest BCUT2D eigenvalue weighted by atomic mass is 79.9. The Hall–Kier alpha value is 1.42. The molecule has 0 unspecified atom stereocenters. The van der Waals surface area contributed by atoms with E-state index in [2.05, 4.69) is 87.1 Å². The SMILES string of the molecule is C[Si](C)(C)O[C@]12C[C@H](Br)C(=O)C[C@H](Br)[C@](O[Si](C)(C)C)(C[C@@H]1Br)O2. The van der Waals surface area contributed by atoms with Crippen molar-refractivity contribution in [3.63, 3.8) is 0 Å². The van der Waals surface area contributed by atoms with Crippen molar-refractivity contribution in [3.05, 3.63) is 0 Å². The first kappa shape index (κ1) is 21.7. The van der Waals surface area contributed by atoms with Gasteiger partial charge in [0, 0.05) is 19.3 Å². The van der Waals surface area contributed by atoms with Crippen molar-refractivity contribution in [1.82, 2.24) is 0 Å². The fraction of sp³-hybridized carbons (Fsp3) is 0.933. The van der Waals surface area contributed by atoms with Gasteiger partial charge in [-0.2, -0.15) is 0 Å². The molecule has 5 atom stereocenters. The third kappa shape index (κ3) is 4.82. The van der Waals surface area contributed by atoms with Gasteiger partial charge in [0.15, 0.2) is 28.2 Å². The molecule has 2 aliphatic rings. The summed E-state index contributed by atoms with van der Waals surface area (Å²) >= 11 is 11.0. The Morgan fingerprint density at radius 2 is 1.38 bits per heavy atom. The highest BCUT2D eigenvalue weighted by molar-refractivity contribution is 9.10. The molecular formula is C15H27Br3O4Si2. The van der Waals surface area contributed by atoms with Crippen LogP contribution in [0.1, 0.15) is 19.3 Å². The van der Waals surface area contributed by atoms with E-state index in [4.69, 9.17) is 13.6 Å². The molecule has 2 aliphatic heterocycles. The number of ether oxygens (including phenoxy) is 1. The standard InChI is InChI=1S/C15H27Br3O4Si2/c1-23(2,3)21-14-8-10(16)11(19)7-12(17)15(20-14,9-13(14)18)22-24(4,5)6/h10,12-13H,7-9H2,1-6H3/t10-,12-,13-,14+,15+/m0/s1. The van der Waals surface area contributed by atoms with Crippen LogP contribution in [-0.2, 0) is 18.4 Å². The van der Waals surface area contributed by atoms with E-state index in [0.717, 1.165) is 0 Å². The van der Waals surface area contributed by atoms with Crippen LogP contribution in [-0.4, -0.2) is 48.5 Å². The first-order valence-corrected chi connectivity index (χ1v) is 17.8. The lowest BCUT2D eigenvalue weighted by Crippen LogP contribution is -2.56. The minimum atomic E-state index is -1.90. The molecule has 0 radical (unpaired) electrons. The van der Waals surface area contributed by atoms with Crippen molar-refractivity contribution in [2.45, 2.75) is 84.6 Å². The third-order valence-corrected chi connectivity index (χ3v) is 8.71. The van der Waals surface area contributed by atoms with Gasteiger partial charge in [0.2, 0.25) is 0 Å². The average molecular weight is 567 g/mol. The Morgan fingerprint density at radius 3 is 1.83 bits per heavy atom. The van der Waals surface area contributed by atoms with E-state index in [1.165, 1.54) is 0 Å². The summed E-state index contributed by atoms with van der Waals surface area (Å²) in [5.41, 5.74) is 0. The zero-order valence-corrected chi connectivity index (χ0v) is 21.9. The Kier molecular flexibility index (Phi) is 6.43. The molecule has 9 heteroatoms. The highest BCUT2D eigenvalue weighted by Gasteiger charge is 2.63. The summed E-state index contributed by atoms with van der Waals surface area (Å²) in [4.78, 5) is 12.1. The minimum Gasteiger partial charge on any atom is -0.390 e. The third-order valence-electron chi connectivity index (χ3n) is 3.92. The number of carbonyl (C=O) groups is 1. The van der Waals surface area contributed by atoms with Crippen LogP contribution in [0, 0.1) is 0 Å². The molecule has 0 saturated carbocycles. The lowest BCUT2D eigenvalue weighted by molar-refractivity contribution is -0.275. The molecule has 2 saturated heterocycles. The average Bonchev–Trinajstić information content (AvgIpc) is 2.57. The molecule has 140 valence electrons. The Labute approximate surface area is 172 Å². The van der Waals surface area contributed by atoms with Crippen LogP contribution in [0.2, 0.25) is 39.3 Å². The van der Waals surface area contributed by atoms with Crippen LogP contribution in [0.15, 0.2) is 0 Å². The number of carbonyl (C=O) groups excluding carboxylic acids is 1.